The number of nitrogens with one attached hydrogen (secondary N) is 1. The number of anilines is 1. The number of rotatable bonds is 7. The molecule has 0 radical (unpaired) electrons. The molecule has 0 saturated carbocycles. The van der Waals surface area contributed by atoms with Crippen molar-refractivity contribution in [3.05, 3.63) is 29.3 Å². The smallest absolute Gasteiger partial charge is 0.0440 e. The van der Waals surface area contributed by atoms with Crippen LogP contribution in [0.25, 0.3) is 0 Å². The molecule has 0 aromatic heterocycles. The Labute approximate surface area is 130 Å². The molecule has 2 nitrogen and oxygen atoms in total. The maximum Gasteiger partial charge on any atom is 0.0440 e. The standard InChI is InChI=1S/C19H32N2/c1-5-9-17(20-7-3)18(6-2)21-13-8-10-16-14-15(4)11-12-19(16)21/h11-12,14,17-18,20H,5-10,13H2,1-4H3. The van der Waals surface area contributed by atoms with Crippen molar-refractivity contribution >= 4 is 5.69 Å². The van der Waals surface area contributed by atoms with Gasteiger partial charge < -0.3 is 10.2 Å². The Balaban J connectivity index is 2.26. The molecule has 21 heavy (non-hydrogen) atoms. The third kappa shape index (κ3) is 3.79. The first-order valence-electron chi connectivity index (χ1n) is 8.80. The molecule has 1 aliphatic rings. The molecule has 0 amide bonds. The van der Waals surface area contributed by atoms with Crippen LogP contribution in [0.3, 0.4) is 0 Å². The van der Waals surface area contributed by atoms with Crippen molar-refractivity contribution in [2.24, 2.45) is 0 Å². The molecule has 2 rings (SSSR count). The van der Waals surface area contributed by atoms with E-state index in [4.69, 9.17) is 0 Å². The number of benzene rings is 1. The minimum atomic E-state index is 0.609. The minimum Gasteiger partial charge on any atom is -0.367 e. The van der Waals surface area contributed by atoms with Gasteiger partial charge in [-0.3, -0.25) is 0 Å². The lowest BCUT2D eigenvalue weighted by Gasteiger charge is -2.42. The molecule has 0 aliphatic carbocycles. The van der Waals surface area contributed by atoms with Gasteiger partial charge in [0.2, 0.25) is 0 Å². The molecule has 1 N–H and O–H groups in total. The van der Waals surface area contributed by atoms with E-state index >= 15 is 0 Å². The second-order valence-corrected chi connectivity index (χ2v) is 6.36. The first-order valence-corrected chi connectivity index (χ1v) is 8.80. The summed E-state index contributed by atoms with van der Waals surface area (Å²) in [6.45, 7) is 11.3. The van der Waals surface area contributed by atoms with Crippen LogP contribution in [-0.4, -0.2) is 25.2 Å². The summed E-state index contributed by atoms with van der Waals surface area (Å²) in [5.41, 5.74) is 4.42. The predicted molar refractivity (Wildman–Crippen MR) is 93.3 cm³/mol. The largest absolute Gasteiger partial charge is 0.367 e. The molecule has 1 aromatic carbocycles. The van der Waals surface area contributed by atoms with Crippen molar-refractivity contribution in [3.8, 4) is 0 Å². The van der Waals surface area contributed by atoms with E-state index in [1.165, 1.54) is 49.9 Å². The van der Waals surface area contributed by atoms with E-state index in [2.05, 4.69) is 56.1 Å². The average molecular weight is 288 g/mol. The Hall–Kier alpha value is -1.02. The summed E-state index contributed by atoms with van der Waals surface area (Å²) in [4.78, 5) is 2.68. The van der Waals surface area contributed by atoms with Crippen LogP contribution in [0.4, 0.5) is 5.69 Å². The third-order valence-electron chi connectivity index (χ3n) is 4.74. The highest BCUT2D eigenvalue weighted by Gasteiger charge is 2.28. The Morgan fingerprint density at radius 3 is 2.71 bits per heavy atom. The van der Waals surface area contributed by atoms with Gasteiger partial charge in [-0.15, -0.1) is 0 Å². The Bertz CT molecular complexity index is 435. The van der Waals surface area contributed by atoms with Crippen LogP contribution in [0, 0.1) is 6.92 Å². The van der Waals surface area contributed by atoms with Crippen molar-refractivity contribution in [3.63, 3.8) is 0 Å². The molecule has 1 heterocycles. The second-order valence-electron chi connectivity index (χ2n) is 6.36. The fourth-order valence-corrected chi connectivity index (χ4v) is 3.83. The van der Waals surface area contributed by atoms with Crippen LogP contribution in [0.15, 0.2) is 18.2 Å². The molecular formula is C19H32N2. The van der Waals surface area contributed by atoms with E-state index in [0.717, 1.165) is 6.54 Å². The Morgan fingerprint density at radius 1 is 1.24 bits per heavy atom. The summed E-state index contributed by atoms with van der Waals surface area (Å²) in [6.07, 6.45) is 6.26. The van der Waals surface area contributed by atoms with E-state index in [0.29, 0.717) is 12.1 Å². The van der Waals surface area contributed by atoms with Gasteiger partial charge in [-0.2, -0.15) is 0 Å². The molecule has 2 atom stereocenters. The van der Waals surface area contributed by atoms with Crippen LogP contribution in [0.1, 0.15) is 57.6 Å². The summed E-state index contributed by atoms with van der Waals surface area (Å²) < 4.78 is 0. The lowest BCUT2D eigenvalue weighted by Crippen LogP contribution is -2.51. The van der Waals surface area contributed by atoms with Crippen molar-refractivity contribution in [1.82, 2.24) is 5.32 Å². The zero-order chi connectivity index (χ0) is 15.2. The third-order valence-corrected chi connectivity index (χ3v) is 4.74. The molecule has 118 valence electrons. The predicted octanol–water partition coefficient (Wildman–Crippen LogP) is 4.30. The van der Waals surface area contributed by atoms with Gasteiger partial charge >= 0.3 is 0 Å². The van der Waals surface area contributed by atoms with E-state index in [1.807, 2.05) is 0 Å². The SMILES string of the molecule is CCCC(NCC)C(CC)N1CCCc2cc(C)ccc21. The van der Waals surface area contributed by atoms with Gasteiger partial charge in [-0.05, 0) is 50.8 Å². The van der Waals surface area contributed by atoms with Gasteiger partial charge in [0, 0.05) is 24.3 Å². The molecule has 1 aliphatic heterocycles. The van der Waals surface area contributed by atoms with Crippen molar-refractivity contribution in [2.75, 3.05) is 18.0 Å². The summed E-state index contributed by atoms with van der Waals surface area (Å²) in [7, 11) is 0. The zero-order valence-electron chi connectivity index (χ0n) is 14.3. The quantitative estimate of drug-likeness (QED) is 0.804. The van der Waals surface area contributed by atoms with Crippen molar-refractivity contribution < 1.29 is 0 Å². The number of nitrogens with zero attached hydrogens (tertiary/aromatic N) is 1. The summed E-state index contributed by atoms with van der Waals surface area (Å²) in [5.74, 6) is 0. The molecule has 0 spiro atoms. The molecule has 0 fully saturated rings. The highest BCUT2D eigenvalue weighted by molar-refractivity contribution is 5.57. The van der Waals surface area contributed by atoms with Gasteiger partial charge in [-0.25, -0.2) is 0 Å². The maximum atomic E-state index is 3.73. The topological polar surface area (TPSA) is 15.3 Å². The lowest BCUT2D eigenvalue weighted by atomic mass is 9.93. The first kappa shape index (κ1) is 16.4. The van der Waals surface area contributed by atoms with E-state index in [-0.39, 0.29) is 0 Å². The van der Waals surface area contributed by atoms with Gasteiger partial charge in [-0.1, -0.05) is 44.9 Å². The molecule has 0 saturated heterocycles. The number of hydrogen-bond donors (Lipinski definition) is 1. The van der Waals surface area contributed by atoms with E-state index < -0.39 is 0 Å². The highest BCUT2D eigenvalue weighted by atomic mass is 15.2. The van der Waals surface area contributed by atoms with Crippen molar-refractivity contribution in [2.45, 2.75) is 71.9 Å². The Morgan fingerprint density at radius 2 is 2.05 bits per heavy atom. The van der Waals surface area contributed by atoms with Gasteiger partial charge in [0.25, 0.3) is 0 Å². The fraction of sp³-hybridized carbons (Fsp3) is 0.684. The Kier molecular flexibility index (Phi) is 6.10. The number of likely N-dealkylation sites (N-methyl/N-ethyl adjacent to an activating group) is 1. The fourth-order valence-electron chi connectivity index (χ4n) is 3.83. The molecule has 2 unspecified atom stereocenters. The van der Waals surface area contributed by atoms with E-state index in [9.17, 15) is 0 Å². The van der Waals surface area contributed by atoms with Crippen LogP contribution < -0.4 is 10.2 Å². The molecular weight excluding hydrogens is 256 g/mol. The van der Waals surface area contributed by atoms with Crippen LogP contribution in [-0.2, 0) is 6.42 Å². The van der Waals surface area contributed by atoms with Gasteiger partial charge in [0.1, 0.15) is 0 Å². The zero-order valence-corrected chi connectivity index (χ0v) is 14.3. The van der Waals surface area contributed by atoms with Crippen LogP contribution >= 0.6 is 0 Å². The summed E-state index contributed by atoms with van der Waals surface area (Å²) in [6, 6.07) is 8.23. The molecule has 1 aromatic rings. The molecule has 2 heteroatoms. The first-order chi connectivity index (χ1) is 10.2. The summed E-state index contributed by atoms with van der Waals surface area (Å²) in [5, 5.41) is 3.73. The normalized spacial score (nSPS) is 17.4. The van der Waals surface area contributed by atoms with Crippen molar-refractivity contribution in [1.29, 1.82) is 0 Å². The second kappa shape index (κ2) is 7.84. The number of hydrogen-bond acceptors (Lipinski definition) is 2. The van der Waals surface area contributed by atoms with Crippen LogP contribution in [0.2, 0.25) is 0 Å². The highest BCUT2D eigenvalue weighted by Crippen LogP contribution is 2.31. The minimum absolute atomic E-state index is 0.609. The molecule has 0 bridgehead atoms. The van der Waals surface area contributed by atoms with Gasteiger partial charge in [0.05, 0.1) is 0 Å². The van der Waals surface area contributed by atoms with E-state index in [1.54, 1.807) is 5.56 Å². The lowest BCUT2D eigenvalue weighted by molar-refractivity contribution is 0.376. The van der Waals surface area contributed by atoms with Crippen LogP contribution in [0.5, 0.6) is 0 Å². The monoisotopic (exact) mass is 288 g/mol. The average Bonchev–Trinajstić information content (AvgIpc) is 2.48. The summed E-state index contributed by atoms with van der Waals surface area (Å²) >= 11 is 0. The van der Waals surface area contributed by atoms with Gasteiger partial charge in [0.15, 0.2) is 0 Å². The number of fused-ring (bicyclic) bond motifs is 1. The number of aryl methyl sites for hydroxylation is 2. The maximum absolute atomic E-state index is 3.73.